The van der Waals surface area contributed by atoms with Crippen LogP contribution >= 0.6 is 0 Å². The van der Waals surface area contributed by atoms with Crippen LogP contribution in [0.15, 0.2) is 79.0 Å². The predicted molar refractivity (Wildman–Crippen MR) is 128 cm³/mol. The summed E-state index contributed by atoms with van der Waals surface area (Å²) in [6.07, 6.45) is 1.84. The average molecular weight is 444 g/mol. The molecule has 7 nitrogen and oxygen atoms in total. The molecule has 3 aromatic carbocycles. The van der Waals surface area contributed by atoms with E-state index in [1.54, 1.807) is 31.0 Å². The number of hydrogen-bond donors (Lipinski definition) is 1. The standard InChI is InChI=1S/C26H25N3O4/c1-4-33-21-13-11-19(12-14-21)27-26(30)25-22(17-29(28-25)20-8-6-5-7-9-20)18-10-15-23(31-2)24(16-18)32-3/h5-17H,4H2,1-3H3,(H,27,30). The van der Waals surface area contributed by atoms with E-state index in [1.807, 2.05) is 73.8 Å². The fourth-order valence-corrected chi connectivity index (χ4v) is 3.46. The molecule has 1 amide bonds. The smallest absolute Gasteiger partial charge is 0.276 e. The molecule has 0 aliphatic heterocycles. The molecule has 1 N–H and O–H groups in total. The van der Waals surface area contributed by atoms with Gasteiger partial charge in [-0.05, 0) is 61.0 Å². The van der Waals surface area contributed by atoms with E-state index in [1.165, 1.54) is 0 Å². The van der Waals surface area contributed by atoms with Gasteiger partial charge in [0.1, 0.15) is 5.75 Å². The van der Waals surface area contributed by atoms with Crippen LogP contribution in [-0.4, -0.2) is 36.5 Å². The van der Waals surface area contributed by atoms with Crippen molar-refractivity contribution >= 4 is 11.6 Å². The molecule has 4 rings (SSSR count). The summed E-state index contributed by atoms with van der Waals surface area (Å²) in [4.78, 5) is 13.3. The number of carbonyl (C=O) groups excluding carboxylic acids is 1. The minimum atomic E-state index is -0.321. The van der Waals surface area contributed by atoms with Crippen LogP contribution in [0.1, 0.15) is 17.4 Å². The summed E-state index contributed by atoms with van der Waals surface area (Å²) >= 11 is 0. The van der Waals surface area contributed by atoms with Gasteiger partial charge in [-0.2, -0.15) is 5.10 Å². The number of amides is 1. The van der Waals surface area contributed by atoms with Crippen LogP contribution < -0.4 is 19.5 Å². The Morgan fingerprint density at radius 2 is 1.67 bits per heavy atom. The third kappa shape index (κ3) is 4.82. The van der Waals surface area contributed by atoms with Gasteiger partial charge < -0.3 is 19.5 Å². The normalized spacial score (nSPS) is 10.5. The van der Waals surface area contributed by atoms with Crippen LogP contribution in [0, 0.1) is 0 Å². The fourth-order valence-electron chi connectivity index (χ4n) is 3.46. The highest BCUT2D eigenvalue weighted by Crippen LogP contribution is 2.34. The van der Waals surface area contributed by atoms with Gasteiger partial charge in [-0.3, -0.25) is 4.79 Å². The van der Waals surface area contributed by atoms with Crippen molar-refractivity contribution in [1.82, 2.24) is 9.78 Å². The fraction of sp³-hybridized carbons (Fsp3) is 0.154. The van der Waals surface area contributed by atoms with Crippen molar-refractivity contribution < 1.29 is 19.0 Å². The molecular formula is C26H25N3O4. The van der Waals surface area contributed by atoms with Crippen molar-refractivity contribution in [3.63, 3.8) is 0 Å². The first kappa shape index (κ1) is 22.0. The molecule has 0 spiro atoms. The van der Waals surface area contributed by atoms with E-state index in [-0.39, 0.29) is 5.91 Å². The summed E-state index contributed by atoms with van der Waals surface area (Å²) in [5, 5.41) is 7.53. The highest BCUT2D eigenvalue weighted by molar-refractivity contribution is 6.07. The summed E-state index contributed by atoms with van der Waals surface area (Å²) in [5.41, 5.74) is 3.24. The topological polar surface area (TPSA) is 74.6 Å². The van der Waals surface area contributed by atoms with E-state index in [0.29, 0.717) is 35.1 Å². The van der Waals surface area contributed by atoms with Crippen LogP contribution in [0.2, 0.25) is 0 Å². The second-order valence-corrected chi connectivity index (χ2v) is 7.15. The number of hydrogen-bond acceptors (Lipinski definition) is 5. The Morgan fingerprint density at radius 3 is 2.33 bits per heavy atom. The Kier molecular flexibility index (Phi) is 6.59. The van der Waals surface area contributed by atoms with Gasteiger partial charge >= 0.3 is 0 Å². The first-order chi connectivity index (χ1) is 16.1. The van der Waals surface area contributed by atoms with Crippen LogP contribution in [0.25, 0.3) is 16.8 Å². The number of carbonyl (C=O) groups is 1. The Labute approximate surface area is 192 Å². The molecule has 0 bridgehead atoms. The molecule has 0 saturated heterocycles. The summed E-state index contributed by atoms with van der Waals surface area (Å²) < 4.78 is 18.0. The molecule has 4 aromatic rings. The van der Waals surface area contributed by atoms with E-state index < -0.39 is 0 Å². The molecule has 1 aromatic heterocycles. The van der Waals surface area contributed by atoms with Gasteiger partial charge in [0.15, 0.2) is 17.2 Å². The minimum Gasteiger partial charge on any atom is -0.494 e. The van der Waals surface area contributed by atoms with Crippen molar-refractivity contribution in [1.29, 1.82) is 0 Å². The van der Waals surface area contributed by atoms with Gasteiger partial charge in [-0.25, -0.2) is 4.68 Å². The van der Waals surface area contributed by atoms with E-state index in [0.717, 1.165) is 17.0 Å². The molecule has 1 heterocycles. The SMILES string of the molecule is CCOc1ccc(NC(=O)c2nn(-c3ccccc3)cc2-c2ccc(OC)c(OC)c2)cc1. The quantitative estimate of drug-likeness (QED) is 0.405. The third-order valence-electron chi connectivity index (χ3n) is 5.07. The van der Waals surface area contributed by atoms with Crippen LogP contribution in [0.4, 0.5) is 5.69 Å². The van der Waals surface area contributed by atoms with Gasteiger partial charge in [0.25, 0.3) is 5.91 Å². The van der Waals surface area contributed by atoms with Crippen molar-refractivity contribution in [3.05, 3.63) is 84.7 Å². The van der Waals surface area contributed by atoms with Crippen molar-refractivity contribution in [2.45, 2.75) is 6.92 Å². The van der Waals surface area contributed by atoms with E-state index >= 15 is 0 Å². The molecule has 0 fully saturated rings. The Bertz CT molecular complexity index is 1230. The van der Waals surface area contributed by atoms with Gasteiger partial charge in [-0.15, -0.1) is 0 Å². The summed E-state index contributed by atoms with van der Waals surface area (Å²) in [6, 6.07) is 22.4. The zero-order valence-electron chi connectivity index (χ0n) is 18.7. The summed E-state index contributed by atoms with van der Waals surface area (Å²) in [7, 11) is 3.16. The lowest BCUT2D eigenvalue weighted by Crippen LogP contribution is -2.14. The molecular weight excluding hydrogens is 418 g/mol. The van der Waals surface area contributed by atoms with Gasteiger partial charge in [0.2, 0.25) is 0 Å². The third-order valence-corrected chi connectivity index (χ3v) is 5.07. The highest BCUT2D eigenvalue weighted by atomic mass is 16.5. The molecule has 0 unspecified atom stereocenters. The molecule has 0 radical (unpaired) electrons. The Hall–Kier alpha value is -4.26. The van der Waals surface area contributed by atoms with E-state index in [9.17, 15) is 4.79 Å². The molecule has 168 valence electrons. The maximum atomic E-state index is 13.3. The van der Waals surface area contributed by atoms with Crippen molar-refractivity contribution in [2.24, 2.45) is 0 Å². The lowest BCUT2D eigenvalue weighted by molar-refractivity contribution is 0.102. The van der Waals surface area contributed by atoms with Crippen LogP contribution in [0.3, 0.4) is 0 Å². The van der Waals surface area contributed by atoms with E-state index in [2.05, 4.69) is 10.4 Å². The first-order valence-corrected chi connectivity index (χ1v) is 10.5. The van der Waals surface area contributed by atoms with Crippen molar-refractivity contribution in [3.8, 4) is 34.1 Å². The number of nitrogens with one attached hydrogen (secondary N) is 1. The van der Waals surface area contributed by atoms with Crippen LogP contribution in [0.5, 0.6) is 17.2 Å². The zero-order valence-corrected chi connectivity index (χ0v) is 18.7. The predicted octanol–water partition coefficient (Wildman–Crippen LogP) is 5.21. The molecule has 0 atom stereocenters. The first-order valence-electron chi connectivity index (χ1n) is 10.5. The Morgan fingerprint density at radius 1 is 0.939 bits per heavy atom. The lowest BCUT2D eigenvalue weighted by atomic mass is 10.1. The number of ether oxygens (including phenoxy) is 3. The number of aromatic nitrogens is 2. The number of para-hydroxylation sites is 1. The summed E-state index contributed by atoms with van der Waals surface area (Å²) in [6.45, 7) is 2.51. The second kappa shape index (κ2) is 9.91. The maximum absolute atomic E-state index is 13.3. The second-order valence-electron chi connectivity index (χ2n) is 7.15. The lowest BCUT2D eigenvalue weighted by Gasteiger charge is -2.10. The minimum absolute atomic E-state index is 0.292. The molecule has 7 heteroatoms. The van der Waals surface area contributed by atoms with Gasteiger partial charge in [-0.1, -0.05) is 24.3 Å². The monoisotopic (exact) mass is 443 g/mol. The number of methoxy groups -OCH3 is 2. The average Bonchev–Trinajstić information content (AvgIpc) is 3.31. The largest absolute Gasteiger partial charge is 0.494 e. The molecule has 33 heavy (non-hydrogen) atoms. The highest BCUT2D eigenvalue weighted by Gasteiger charge is 2.20. The number of rotatable bonds is 8. The molecule has 0 saturated carbocycles. The van der Waals surface area contributed by atoms with Gasteiger partial charge in [0, 0.05) is 17.4 Å². The zero-order chi connectivity index (χ0) is 23.2. The number of benzene rings is 3. The number of nitrogens with zero attached hydrogens (tertiary/aromatic N) is 2. The van der Waals surface area contributed by atoms with Crippen molar-refractivity contribution in [2.75, 3.05) is 26.1 Å². The van der Waals surface area contributed by atoms with Crippen LogP contribution in [-0.2, 0) is 0 Å². The molecule has 0 aliphatic carbocycles. The Balaban J connectivity index is 1.73. The molecule has 0 aliphatic rings. The summed E-state index contributed by atoms with van der Waals surface area (Å²) in [5.74, 6) is 1.60. The maximum Gasteiger partial charge on any atom is 0.276 e. The van der Waals surface area contributed by atoms with Gasteiger partial charge in [0.05, 0.1) is 26.5 Å². The number of anilines is 1. The van der Waals surface area contributed by atoms with E-state index in [4.69, 9.17) is 14.2 Å².